The third-order valence-corrected chi connectivity index (χ3v) is 12.8. The Hall–Kier alpha value is -3.94. The molecule has 0 bridgehead atoms. The molecule has 2 aliphatic carbocycles. The fraction of sp³-hybridized carbons (Fsp3) is 0.610. The number of anilines is 1. The molecule has 3 amide bonds. The number of halogens is 2. The van der Waals surface area contributed by atoms with Crippen LogP contribution in [0.2, 0.25) is 5.02 Å². The van der Waals surface area contributed by atoms with Crippen molar-refractivity contribution in [2.45, 2.75) is 120 Å². The third kappa shape index (κ3) is 8.73. The maximum absolute atomic E-state index is 15.4. The third-order valence-electron chi connectivity index (χ3n) is 12.6. The van der Waals surface area contributed by atoms with Gasteiger partial charge in [-0.05, 0) is 132 Å². The topological polar surface area (TPSA) is 137 Å². The number of hydrogen-bond acceptors (Lipinski definition) is 9. The van der Waals surface area contributed by atoms with Crippen LogP contribution in [0.1, 0.15) is 117 Å². The van der Waals surface area contributed by atoms with Gasteiger partial charge in [0.25, 0.3) is 5.91 Å². The lowest BCUT2D eigenvalue weighted by Crippen LogP contribution is -2.52. The van der Waals surface area contributed by atoms with Crippen LogP contribution in [-0.2, 0) is 29.6 Å². The Morgan fingerprint density at radius 3 is 2.47 bits per heavy atom. The van der Waals surface area contributed by atoms with Gasteiger partial charge in [-0.1, -0.05) is 24.1 Å². The van der Waals surface area contributed by atoms with Gasteiger partial charge in [-0.3, -0.25) is 24.4 Å². The van der Waals surface area contributed by atoms with Crippen LogP contribution in [0.15, 0.2) is 24.5 Å². The summed E-state index contributed by atoms with van der Waals surface area (Å²) in [6.45, 7) is 4.23. The number of aromatic nitrogens is 4. The summed E-state index contributed by atoms with van der Waals surface area (Å²) in [5, 5.41) is 14.8. The van der Waals surface area contributed by atoms with Crippen molar-refractivity contribution in [3.63, 3.8) is 0 Å². The molecule has 294 valence electrons. The molecule has 55 heavy (non-hydrogen) atoms. The van der Waals surface area contributed by atoms with Gasteiger partial charge in [0.2, 0.25) is 17.8 Å². The zero-order chi connectivity index (χ0) is 38.1. The molecule has 2 aromatic heterocycles. The molecule has 2 saturated carbocycles. The van der Waals surface area contributed by atoms with Gasteiger partial charge in [0.05, 0.1) is 23.1 Å². The number of fused-ring (bicyclic) bond motifs is 1. The van der Waals surface area contributed by atoms with Crippen LogP contribution in [0, 0.1) is 11.7 Å². The number of likely N-dealkylation sites (tertiary alicyclic amines) is 1. The van der Waals surface area contributed by atoms with Crippen molar-refractivity contribution >= 4 is 35.3 Å². The minimum atomic E-state index is -0.693. The average Bonchev–Trinajstić information content (AvgIpc) is 3.86. The molecule has 8 rings (SSSR count). The van der Waals surface area contributed by atoms with E-state index in [-0.39, 0.29) is 36.5 Å². The molecule has 1 atom stereocenters. The molecule has 2 saturated heterocycles. The van der Waals surface area contributed by atoms with E-state index in [1.807, 2.05) is 24.0 Å². The molecular formula is C41H53ClFN9O3. The number of carbonyl (C=O) groups is 3. The van der Waals surface area contributed by atoms with Gasteiger partial charge in [-0.2, -0.15) is 5.10 Å². The summed E-state index contributed by atoms with van der Waals surface area (Å²) < 4.78 is 17.3. The number of nitrogens with one attached hydrogen (secondary N) is 3. The first-order valence-corrected chi connectivity index (χ1v) is 20.8. The predicted molar refractivity (Wildman–Crippen MR) is 208 cm³/mol. The monoisotopic (exact) mass is 773 g/mol. The van der Waals surface area contributed by atoms with Gasteiger partial charge in [-0.15, -0.1) is 0 Å². The van der Waals surface area contributed by atoms with Gasteiger partial charge in [0, 0.05) is 48.9 Å². The molecule has 3 aromatic rings. The fourth-order valence-corrected chi connectivity index (χ4v) is 9.27. The smallest absolute Gasteiger partial charge is 0.255 e. The molecule has 0 radical (unpaired) electrons. The molecule has 5 heterocycles. The van der Waals surface area contributed by atoms with Crippen molar-refractivity contribution in [1.82, 2.24) is 40.2 Å². The highest BCUT2D eigenvalue weighted by atomic mass is 35.5. The van der Waals surface area contributed by atoms with Crippen molar-refractivity contribution in [3.05, 3.63) is 57.8 Å². The maximum Gasteiger partial charge on any atom is 0.255 e. The van der Waals surface area contributed by atoms with Gasteiger partial charge in [0.1, 0.15) is 11.9 Å². The Kier molecular flexibility index (Phi) is 11.5. The normalized spacial score (nSPS) is 23.7. The first-order valence-electron chi connectivity index (χ1n) is 20.4. The number of benzene rings is 1. The zero-order valence-corrected chi connectivity index (χ0v) is 32.6. The van der Waals surface area contributed by atoms with Gasteiger partial charge < -0.3 is 20.4 Å². The van der Waals surface area contributed by atoms with E-state index in [4.69, 9.17) is 16.6 Å². The molecule has 5 aliphatic rings. The lowest BCUT2D eigenvalue weighted by atomic mass is 9.87. The number of piperidine rings is 2. The highest BCUT2D eigenvalue weighted by Gasteiger charge is 2.40. The van der Waals surface area contributed by atoms with Crippen molar-refractivity contribution in [2.75, 3.05) is 31.5 Å². The van der Waals surface area contributed by atoms with E-state index >= 15 is 4.39 Å². The summed E-state index contributed by atoms with van der Waals surface area (Å²) >= 11 is 6.59. The molecular weight excluding hydrogens is 721 g/mol. The summed E-state index contributed by atoms with van der Waals surface area (Å²) in [6, 6.07) is 3.40. The van der Waals surface area contributed by atoms with Crippen molar-refractivity contribution < 1.29 is 18.8 Å². The van der Waals surface area contributed by atoms with Crippen LogP contribution in [0.3, 0.4) is 0 Å². The van der Waals surface area contributed by atoms with Crippen molar-refractivity contribution in [1.29, 1.82) is 0 Å². The molecule has 3 N–H and O–H groups in total. The fourth-order valence-electron chi connectivity index (χ4n) is 9.08. The highest BCUT2D eigenvalue weighted by Crippen LogP contribution is 2.38. The van der Waals surface area contributed by atoms with Crippen LogP contribution in [0.25, 0.3) is 11.3 Å². The number of amides is 3. The van der Waals surface area contributed by atoms with Gasteiger partial charge >= 0.3 is 0 Å². The van der Waals surface area contributed by atoms with E-state index in [9.17, 15) is 14.4 Å². The standard InChI is InChI=1S/C41H53ClFN9O3/c1-50-36(19-25-5-6-25)32(22-46-50)38-33(42)23-45-41(49-38)47-29-9-7-28(8-10-29)44-15-3-2-4-16-51-17-13-26(14-18-51)30-20-27-24-52(40(55)31(27)21-34(30)43)35-11-12-37(53)48-39(35)54/h20-23,25-26,28-29,35,44H,2-19,24H2,1H3,(H,45,47,49)(H,48,53,54)/t28-,29-,35?. The average molecular weight is 774 g/mol. The number of nitrogens with zero attached hydrogens (tertiary/aromatic N) is 6. The summed E-state index contributed by atoms with van der Waals surface area (Å²) in [6.07, 6.45) is 17.3. The van der Waals surface area contributed by atoms with E-state index in [0.717, 1.165) is 107 Å². The number of imide groups is 1. The second kappa shape index (κ2) is 16.7. The molecule has 14 heteroatoms. The number of rotatable bonds is 14. The summed E-state index contributed by atoms with van der Waals surface area (Å²) in [7, 11) is 1.99. The highest BCUT2D eigenvalue weighted by molar-refractivity contribution is 6.33. The minimum Gasteiger partial charge on any atom is -0.351 e. The lowest BCUT2D eigenvalue weighted by molar-refractivity contribution is -0.136. The van der Waals surface area contributed by atoms with Gasteiger partial charge in [-0.25, -0.2) is 14.4 Å². The SMILES string of the molecule is Cn1ncc(-c2nc(N[C@H]3CC[C@H](NCCCCCN4CCC(c5cc6c(cc5F)C(=O)N(C5CCC(=O)NC5=O)C6)CC4)CC3)ncc2Cl)c1CC1CC1. The maximum atomic E-state index is 15.4. The van der Waals surface area contributed by atoms with Crippen molar-refractivity contribution in [3.8, 4) is 11.3 Å². The molecule has 3 aliphatic heterocycles. The second-order valence-electron chi connectivity index (χ2n) is 16.4. The Balaban J connectivity index is 0.716. The molecule has 12 nitrogen and oxygen atoms in total. The number of carbonyl (C=O) groups excluding carboxylic acids is 3. The summed E-state index contributed by atoms with van der Waals surface area (Å²) in [5.74, 6) is 0.0477. The molecule has 4 fully saturated rings. The number of hydrogen-bond donors (Lipinski definition) is 3. The lowest BCUT2D eigenvalue weighted by Gasteiger charge is -2.32. The van der Waals surface area contributed by atoms with Crippen LogP contribution in [0.5, 0.6) is 0 Å². The second-order valence-corrected chi connectivity index (χ2v) is 16.8. The van der Waals surface area contributed by atoms with E-state index in [1.165, 1.54) is 35.9 Å². The van der Waals surface area contributed by atoms with Crippen LogP contribution in [-0.4, -0.2) is 91.6 Å². The predicted octanol–water partition coefficient (Wildman–Crippen LogP) is 5.75. The van der Waals surface area contributed by atoms with Crippen LogP contribution >= 0.6 is 11.6 Å². The Morgan fingerprint density at radius 2 is 1.71 bits per heavy atom. The number of unbranched alkanes of at least 4 members (excludes halogenated alkanes) is 2. The first kappa shape index (κ1) is 38.0. The van der Waals surface area contributed by atoms with E-state index in [2.05, 4.69) is 30.9 Å². The molecule has 1 unspecified atom stereocenters. The van der Waals surface area contributed by atoms with E-state index in [1.54, 1.807) is 6.20 Å². The Bertz CT molecular complexity index is 1900. The molecule has 0 spiro atoms. The van der Waals surface area contributed by atoms with Gasteiger partial charge in [0.15, 0.2) is 0 Å². The summed E-state index contributed by atoms with van der Waals surface area (Å²) in [5.41, 5.74) is 4.74. The largest absolute Gasteiger partial charge is 0.351 e. The first-order chi connectivity index (χ1) is 26.7. The summed E-state index contributed by atoms with van der Waals surface area (Å²) in [4.78, 5) is 50.4. The van der Waals surface area contributed by atoms with Crippen LogP contribution in [0.4, 0.5) is 10.3 Å². The zero-order valence-electron chi connectivity index (χ0n) is 31.8. The van der Waals surface area contributed by atoms with E-state index < -0.39 is 11.9 Å². The number of aryl methyl sites for hydroxylation is 1. The quantitative estimate of drug-likeness (QED) is 0.138. The van der Waals surface area contributed by atoms with E-state index in [0.29, 0.717) is 40.6 Å². The Labute approximate surface area is 327 Å². The minimum absolute atomic E-state index is 0.114. The van der Waals surface area contributed by atoms with Crippen molar-refractivity contribution in [2.24, 2.45) is 13.0 Å². The van der Waals surface area contributed by atoms with Crippen LogP contribution < -0.4 is 16.0 Å². The molecule has 1 aromatic carbocycles. The Morgan fingerprint density at radius 1 is 0.927 bits per heavy atom.